The van der Waals surface area contributed by atoms with E-state index in [-0.39, 0.29) is 5.56 Å². The molecule has 0 fully saturated rings. The van der Waals surface area contributed by atoms with Gasteiger partial charge in [0.25, 0.3) is 0 Å². The predicted molar refractivity (Wildman–Crippen MR) is 54.1 cm³/mol. The normalized spacial score (nSPS) is 11.8. The number of hydrogen-bond acceptors (Lipinski definition) is 2. The van der Waals surface area contributed by atoms with E-state index in [0.717, 1.165) is 0 Å². The Morgan fingerprint density at radius 1 is 1.44 bits per heavy atom. The van der Waals surface area contributed by atoms with E-state index in [1.807, 2.05) is 0 Å². The van der Waals surface area contributed by atoms with Crippen molar-refractivity contribution in [1.29, 1.82) is 0 Å². The molecule has 2 amide bonds. The molecule has 16 heavy (non-hydrogen) atoms. The number of carbonyl (C=O) groups is 2. The van der Waals surface area contributed by atoms with Gasteiger partial charge in [-0.05, 0) is 6.07 Å². The molecule has 1 rings (SSSR count). The summed E-state index contributed by atoms with van der Waals surface area (Å²) in [6.07, 6.45) is -0.427. The fraction of sp³-hybridized carbons (Fsp3) is 0.200. The number of nitrogens with one attached hydrogen (secondary N) is 1. The van der Waals surface area contributed by atoms with Gasteiger partial charge in [0, 0.05) is 5.56 Å². The van der Waals surface area contributed by atoms with Crippen LogP contribution in [-0.4, -0.2) is 17.1 Å². The summed E-state index contributed by atoms with van der Waals surface area (Å²) >= 11 is 0. The number of halogens is 1. The summed E-state index contributed by atoms with van der Waals surface area (Å²) in [5.41, 5.74) is 4.99. The van der Waals surface area contributed by atoms with Gasteiger partial charge < -0.3 is 16.2 Å². The van der Waals surface area contributed by atoms with Crippen molar-refractivity contribution in [3.05, 3.63) is 35.6 Å². The quantitative estimate of drug-likeness (QED) is 0.715. The van der Waals surface area contributed by atoms with Gasteiger partial charge in [0.15, 0.2) is 0 Å². The molecule has 0 spiro atoms. The molecule has 1 atom stereocenters. The first kappa shape index (κ1) is 12.0. The number of amides is 2. The van der Waals surface area contributed by atoms with Gasteiger partial charge in [-0.15, -0.1) is 0 Å². The van der Waals surface area contributed by atoms with Crippen LogP contribution in [0.1, 0.15) is 18.0 Å². The largest absolute Gasteiger partial charge is 0.481 e. The number of urea groups is 1. The molecule has 0 heterocycles. The lowest BCUT2D eigenvalue weighted by molar-refractivity contribution is -0.137. The summed E-state index contributed by atoms with van der Waals surface area (Å²) in [6.45, 7) is 0. The van der Waals surface area contributed by atoms with Crippen molar-refractivity contribution >= 4 is 12.0 Å². The Balaban J connectivity index is 2.96. The Labute approximate surface area is 91.1 Å². The number of aliphatic carboxylic acids is 1. The van der Waals surface area contributed by atoms with Gasteiger partial charge in [-0.1, -0.05) is 18.2 Å². The molecule has 86 valence electrons. The van der Waals surface area contributed by atoms with Gasteiger partial charge in [0.05, 0.1) is 12.5 Å². The summed E-state index contributed by atoms with van der Waals surface area (Å²) in [5.74, 6) is -1.73. The van der Waals surface area contributed by atoms with Crippen molar-refractivity contribution in [2.75, 3.05) is 0 Å². The zero-order valence-corrected chi connectivity index (χ0v) is 8.31. The molecule has 0 aliphatic heterocycles. The zero-order chi connectivity index (χ0) is 12.1. The molecule has 0 saturated heterocycles. The van der Waals surface area contributed by atoms with Crippen LogP contribution in [0.4, 0.5) is 9.18 Å². The average molecular weight is 226 g/mol. The Morgan fingerprint density at radius 2 is 2.06 bits per heavy atom. The molecule has 1 aromatic carbocycles. The van der Waals surface area contributed by atoms with Gasteiger partial charge in [0.1, 0.15) is 5.82 Å². The number of hydrogen-bond donors (Lipinski definition) is 3. The fourth-order valence-corrected chi connectivity index (χ4v) is 1.34. The number of carboxylic acids is 1. The molecule has 0 radical (unpaired) electrons. The van der Waals surface area contributed by atoms with Crippen molar-refractivity contribution in [3.63, 3.8) is 0 Å². The van der Waals surface area contributed by atoms with E-state index in [1.165, 1.54) is 18.2 Å². The Kier molecular flexibility index (Phi) is 3.82. The summed E-state index contributed by atoms with van der Waals surface area (Å²) < 4.78 is 13.4. The van der Waals surface area contributed by atoms with Gasteiger partial charge in [-0.3, -0.25) is 4.79 Å². The van der Waals surface area contributed by atoms with E-state index in [0.29, 0.717) is 0 Å². The molecule has 0 saturated carbocycles. The van der Waals surface area contributed by atoms with E-state index in [2.05, 4.69) is 5.32 Å². The third kappa shape index (κ3) is 3.23. The average Bonchev–Trinajstić information content (AvgIpc) is 2.15. The molecule has 0 aliphatic rings. The minimum absolute atomic E-state index is 0.101. The summed E-state index contributed by atoms with van der Waals surface area (Å²) in [6, 6.07) is 3.76. The number of nitrogens with two attached hydrogens (primary N) is 1. The van der Waals surface area contributed by atoms with E-state index in [9.17, 15) is 14.0 Å². The standard InChI is InChI=1S/C10H11FN2O3/c11-7-4-2-1-3-6(7)8(5-9(14)15)13-10(12)16/h1-4,8H,5H2,(H,14,15)(H3,12,13,16). The highest BCUT2D eigenvalue weighted by Crippen LogP contribution is 2.19. The number of rotatable bonds is 4. The highest BCUT2D eigenvalue weighted by molar-refractivity contribution is 5.74. The van der Waals surface area contributed by atoms with Gasteiger partial charge in [-0.2, -0.15) is 0 Å². The summed E-state index contributed by atoms with van der Waals surface area (Å²) in [5, 5.41) is 10.8. The molecular formula is C10H11FN2O3. The first-order valence-electron chi connectivity index (χ1n) is 4.53. The minimum Gasteiger partial charge on any atom is -0.481 e. The van der Waals surface area contributed by atoms with Crippen LogP contribution in [0.5, 0.6) is 0 Å². The van der Waals surface area contributed by atoms with Crippen LogP contribution in [0.3, 0.4) is 0 Å². The van der Waals surface area contributed by atoms with Crippen molar-refractivity contribution in [3.8, 4) is 0 Å². The zero-order valence-electron chi connectivity index (χ0n) is 8.31. The summed E-state index contributed by atoms with van der Waals surface area (Å²) in [4.78, 5) is 21.2. The molecule has 5 nitrogen and oxygen atoms in total. The minimum atomic E-state index is -1.15. The van der Waals surface area contributed by atoms with E-state index in [1.54, 1.807) is 6.07 Å². The molecule has 6 heteroatoms. The molecule has 4 N–H and O–H groups in total. The van der Waals surface area contributed by atoms with E-state index < -0.39 is 30.3 Å². The Hall–Kier alpha value is -2.11. The first-order valence-corrected chi connectivity index (χ1v) is 4.53. The SMILES string of the molecule is NC(=O)NC(CC(=O)O)c1ccccc1F. The van der Waals surface area contributed by atoms with Crippen LogP contribution in [0.15, 0.2) is 24.3 Å². The third-order valence-corrected chi connectivity index (χ3v) is 1.98. The van der Waals surface area contributed by atoms with Crippen molar-refractivity contribution in [2.24, 2.45) is 5.73 Å². The van der Waals surface area contributed by atoms with Crippen molar-refractivity contribution in [1.82, 2.24) is 5.32 Å². The summed E-state index contributed by atoms with van der Waals surface area (Å²) in [7, 11) is 0. The monoisotopic (exact) mass is 226 g/mol. The number of carboxylic acid groups (broad SMARTS) is 1. The molecular weight excluding hydrogens is 215 g/mol. The van der Waals surface area contributed by atoms with Crippen LogP contribution in [0.2, 0.25) is 0 Å². The Morgan fingerprint density at radius 3 is 2.56 bits per heavy atom. The molecule has 0 aliphatic carbocycles. The first-order chi connectivity index (χ1) is 7.50. The second kappa shape index (κ2) is 5.11. The highest BCUT2D eigenvalue weighted by atomic mass is 19.1. The van der Waals surface area contributed by atoms with E-state index in [4.69, 9.17) is 10.8 Å². The maximum atomic E-state index is 13.4. The van der Waals surface area contributed by atoms with Crippen LogP contribution < -0.4 is 11.1 Å². The predicted octanol–water partition coefficient (Wildman–Crippen LogP) is 1.01. The molecule has 1 unspecified atom stereocenters. The van der Waals surface area contributed by atoms with Gasteiger partial charge >= 0.3 is 12.0 Å². The fourth-order valence-electron chi connectivity index (χ4n) is 1.34. The van der Waals surface area contributed by atoms with Crippen LogP contribution in [-0.2, 0) is 4.79 Å². The lowest BCUT2D eigenvalue weighted by Gasteiger charge is -2.16. The maximum absolute atomic E-state index is 13.4. The molecule has 0 bridgehead atoms. The maximum Gasteiger partial charge on any atom is 0.312 e. The van der Waals surface area contributed by atoms with Crippen molar-refractivity contribution < 1.29 is 19.1 Å². The highest BCUT2D eigenvalue weighted by Gasteiger charge is 2.19. The smallest absolute Gasteiger partial charge is 0.312 e. The Bertz CT molecular complexity index is 393. The van der Waals surface area contributed by atoms with Crippen LogP contribution in [0, 0.1) is 5.82 Å². The molecule has 1 aromatic rings. The third-order valence-electron chi connectivity index (χ3n) is 1.98. The lowest BCUT2D eigenvalue weighted by Crippen LogP contribution is -2.34. The van der Waals surface area contributed by atoms with Crippen LogP contribution in [0.25, 0.3) is 0 Å². The number of benzene rings is 1. The number of primary amides is 1. The van der Waals surface area contributed by atoms with Crippen molar-refractivity contribution in [2.45, 2.75) is 12.5 Å². The lowest BCUT2D eigenvalue weighted by atomic mass is 10.0. The topological polar surface area (TPSA) is 92.4 Å². The van der Waals surface area contributed by atoms with Gasteiger partial charge in [-0.25, -0.2) is 9.18 Å². The van der Waals surface area contributed by atoms with Crippen LogP contribution >= 0.6 is 0 Å². The van der Waals surface area contributed by atoms with Gasteiger partial charge in [0.2, 0.25) is 0 Å². The second-order valence-corrected chi connectivity index (χ2v) is 3.18. The van der Waals surface area contributed by atoms with E-state index >= 15 is 0 Å². The molecule has 0 aromatic heterocycles. The second-order valence-electron chi connectivity index (χ2n) is 3.18. The number of carbonyl (C=O) groups excluding carboxylic acids is 1.